The molecular formula is C15H23F3N6O2. The van der Waals surface area contributed by atoms with Gasteiger partial charge in [-0.25, -0.2) is 0 Å². The van der Waals surface area contributed by atoms with Gasteiger partial charge in [-0.1, -0.05) is 13.8 Å². The Hall–Kier alpha value is -2.14. The molecule has 0 spiro atoms. The standard InChI is InChI=1S/C15H23F3N6O2/c1-10(2)8-19-14(20-12-7-11(22-23-12)15(16,17)18)21-13(25)9-24-3-5-26-6-4-24/h7,10H,3-6,8-9H2,1-2H3,(H3,19,20,21,22,23,25). The number of aliphatic imine (C=N–C) groups is 1. The second-order valence-electron chi connectivity index (χ2n) is 6.31. The molecule has 1 aromatic heterocycles. The SMILES string of the molecule is CC(C)CN/C(=N/C(=O)CN1CCOCC1)Nc1cc(C(F)(F)F)[nH]n1. The van der Waals surface area contributed by atoms with Crippen molar-refractivity contribution < 1.29 is 22.7 Å². The lowest BCUT2D eigenvalue weighted by molar-refractivity contribution is -0.141. The molecule has 0 bridgehead atoms. The van der Waals surface area contributed by atoms with Crippen molar-refractivity contribution in [1.82, 2.24) is 20.4 Å². The average molecular weight is 376 g/mol. The molecule has 0 unspecified atom stereocenters. The van der Waals surface area contributed by atoms with Gasteiger partial charge in [0.1, 0.15) is 5.69 Å². The molecule has 146 valence electrons. The smallest absolute Gasteiger partial charge is 0.379 e. The molecule has 2 heterocycles. The van der Waals surface area contributed by atoms with Crippen molar-refractivity contribution in [3.63, 3.8) is 0 Å². The number of H-pyrrole nitrogens is 1. The molecule has 1 aliphatic rings. The Bertz CT molecular complexity index is 623. The second kappa shape index (κ2) is 8.99. The highest BCUT2D eigenvalue weighted by atomic mass is 19.4. The van der Waals surface area contributed by atoms with Crippen LogP contribution in [0.15, 0.2) is 11.1 Å². The topological polar surface area (TPSA) is 94.6 Å². The molecule has 0 saturated carbocycles. The summed E-state index contributed by atoms with van der Waals surface area (Å²) in [5, 5.41) is 11.0. The molecule has 1 fully saturated rings. The lowest BCUT2D eigenvalue weighted by Gasteiger charge is -2.25. The first-order chi connectivity index (χ1) is 12.2. The number of aromatic amines is 1. The predicted octanol–water partition coefficient (Wildman–Crippen LogP) is 1.30. The number of halogens is 3. The zero-order chi connectivity index (χ0) is 19.2. The van der Waals surface area contributed by atoms with Gasteiger partial charge in [0.25, 0.3) is 5.91 Å². The summed E-state index contributed by atoms with van der Waals surface area (Å²) in [4.78, 5) is 18.0. The number of ether oxygens (including phenoxy) is 1. The molecule has 0 aromatic carbocycles. The van der Waals surface area contributed by atoms with Crippen molar-refractivity contribution in [1.29, 1.82) is 0 Å². The van der Waals surface area contributed by atoms with Gasteiger partial charge >= 0.3 is 6.18 Å². The normalized spacial score (nSPS) is 16.8. The van der Waals surface area contributed by atoms with Crippen LogP contribution >= 0.6 is 0 Å². The van der Waals surface area contributed by atoms with Gasteiger partial charge < -0.3 is 15.4 Å². The Morgan fingerprint density at radius 2 is 2.12 bits per heavy atom. The summed E-state index contributed by atoms with van der Waals surface area (Å²) < 4.78 is 43.2. The van der Waals surface area contributed by atoms with Crippen molar-refractivity contribution in [2.45, 2.75) is 20.0 Å². The van der Waals surface area contributed by atoms with E-state index in [4.69, 9.17) is 4.74 Å². The van der Waals surface area contributed by atoms with Gasteiger partial charge in [-0.2, -0.15) is 23.3 Å². The molecule has 3 N–H and O–H groups in total. The van der Waals surface area contributed by atoms with Gasteiger partial charge in [-0.3, -0.25) is 14.8 Å². The molecule has 11 heteroatoms. The number of nitrogens with zero attached hydrogens (tertiary/aromatic N) is 3. The zero-order valence-electron chi connectivity index (χ0n) is 14.7. The summed E-state index contributed by atoms with van der Waals surface area (Å²) in [5.74, 6) is -0.165. The first kappa shape index (κ1) is 20.2. The van der Waals surface area contributed by atoms with E-state index >= 15 is 0 Å². The highest BCUT2D eigenvalue weighted by Gasteiger charge is 2.33. The fourth-order valence-corrected chi connectivity index (χ4v) is 2.18. The number of rotatable bonds is 5. The molecule has 2 rings (SSSR count). The molecule has 8 nitrogen and oxygen atoms in total. The van der Waals surface area contributed by atoms with Crippen molar-refractivity contribution in [3.05, 3.63) is 11.8 Å². The molecule has 1 saturated heterocycles. The maximum Gasteiger partial charge on any atom is 0.432 e. The number of alkyl halides is 3. The second-order valence-corrected chi connectivity index (χ2v) is 6.31. The van der Waals surface area contributed by atoms with E-state index in [2.05, 4.69) is 20.7 Å². The minimum atomic E-state index is -4.53. The molecule has 1 aliphatic heterocycles. The Morgan fingerprint density at radius 3 is 2.69 bits per heavy atom. The monoisotopic (exact) mass is 376 g/mol. The molecule has 1 aromatic rings. The van der Waals surface area contributed by atoms with Crippen molar-refractivity contribution in [3.8, 4) is 0 Å². The van der Waals surface area contributed by atoms with Crippen LogP contribution in [0, 0.1) is 5.92 Å². The number of aromatic nitrogens is 2. The van der Waals surface area contributed by atoms with E-state index in [-0.39, 0.29) is 24.2 Å². The maximum absolute atomic E-state index is 12.6. The van der Waals surface area contributed by atoms with Crippen LogP contribution in [0.25, 0.3) is 0 Å². The molecule has 0 atom stereocenters. The van der Waals surface area contributed by atoms with E-state index < -0.39 is 17.8 Å². The molecule has 0 aliphatic carbocycles. The third-order valence-electron chi connectivity index (χ3n) is 3.51. The number of anilines is 1. The summed E-state index contributed by atoms with van der Waals surface area (Å²) in [5.41, 5.74) is -0.983. The zero-order valence-corrected chi connectivity index (χ0v) is 14.7. The third-order valence-corrected chi connectivity index (χ3v) is 3.51. The minimum absolute atomic E-state index is 0.0668. The minimum Gasteiger partial charge on any atom is -0.379 e. The van der Waals surface area contributed by atoms with Gasteiger partial charge in [0.2, 0.25) is 5.96 Å². The van der Waals surface area contributed by atoms with Gasteiger partial charge in [-0.05, 0) is 5.92 Å². The van der Waals surface area contributed by atoms with Crippen LogP contribution in [0.5, 0.6) is 0 Å². The van der Waals surface area contributed by atoms with E-state index in [1.54, 1.807) is 0 Å². The number of nitrogens with one attached hydrogen (secondary N) is 3. The first-order valence-corrected chi connectivity index (χ1v) is 8.29. The summed E-state index contributed by atoms with van der Waals surface area (Å²) in [6.45, 7) is 6.91. The predicted molar refractivity (Wildman–Crippen MR) is 89.8 cm³/mol. The fourth-order valence-electron chi connectivity index (χ4n) is 2.18. The summed E-state index contributed by atoms with van der Waals surface area (Å²) in [7, 11) is 0. The van der Waals surface area contributed by atoms with Crippen molar-refractivity contribution in [2.75, 3.05) is 44.7 Å². The van der Waals surface area contributed by atoms with Crippen molar-refractivity contribution >= 4 is 17.7 Å². The van der Waals surface area contributed by atoms with Gasteiger partial charge in [0.05, 0.1) is 19.8 Å². The van der Waals surface area contributed by atoms with E-state index in [0.717, 1.165) is 6.07 Å². The first-order valence-electron chi connectivity index (χ1n) is 8.29. The highest BCUT2D eigenvalue weighted by molar-refractivity contribution is 6.01. The van der Waals surface area contributed by atoms with E-state index in [1.807, 2.05) is 23.8 Å². The number of guanidine groups is 1. The fraction of sp³-hybridized carbons (Fsp3) is 0.667. The lowest BCUT2D eigenvalue weighted by Crippen LogP contribution is -2.40. The average Bonchev–Trinajstić information content (AvgIpc) is 3.02. The van der Waals surface area contributed by atoms with E-state index in [1.165, 1.54) is 0 Å². The van der Waals surface area contributed by atoms with Crippen LogP contribution in [0.1, 0.15) is 19.5 Å². The Kier molecular flexibility index (Phi) is 6.98. The summed E-state index contributed by atoms with van der Waals surface area (Å²) >= 11 is 0. The summed E-state index contributed by atoms with van der Waals surface area (Å²) in [6, 6.07) is 0.818. The number of hydrogen-bond acceptors (Lipinski definition) is 4. The van der Waals surface area contributed by atoms with Gasteiger partial charge in [0, 0.05) is 25.7 Å². The largest absolute Gasteiger partial charge is 0.432 e. The van der Waals surface area contributed by atoms with E-state index in [0.29, 0.717) is 32.8 Å². The number of carbonyl (C=O) groups excluding carboxylic acids is 1. The van der Waals surface area contributed by atoms with Crippen LogP contribution < -0.4 is 10.6 Å². The number of amides is 1. The van der Waals surface area contributed by atoms with Crippen LogP contribution in [0.4, 0.5) is 19.0 Å². The third kappa shape index (κ3) is 6.64. The Morgan fingerprint density at radius 1 is 1.42 bits per heavy atom. The molecule has 26 heavy (non-hydrogen) atoms. The quantitative estimate of drug-likeness (QED) is 0.530. The van der Waals surface area contributed by atoms with Crippen LogP contribution in [-0.2, 0) is 15.7 Å². The summed E-state index contributed by atoms with van der Waals surface area (Å²) in [6.07, 6.45) is -4.53. The molecule has 0 radical (unpaired) electrons. The molecular weight excluding hydrogens is 353 g/mol. The van der Waals surface area contributed by atoms with Crippen LogP contribution in [0.3, 0.4) is 0 Å². The highest BCUT2D eigenvalue weighted by Crippen LogP contribution is 2.28. The van der Waals surface area contributed by atoms with Gasteiger partial charge in [-0.15, -0.1) is 0 Å². The van der Waals surface area contributed by atoms with Gasteiger partial charge in [0.15, 0.2) is 5.82 Å². The lowest BCUT2D eigenvalue weighted by atomic mass is 10.2. The Balaban J connectivity index is 2.03. The number of carbonyl (C=O) groups is 1. The number of hydrogen-bond donors (Lipinski definition) is 3. The maximum atomic E-state index is 12.6. The van der Waals surface area contributed by atoms with E-state index in [9.17, 15) is 18.0 Å². The van der Waals surface area contributed by atoms with Crippen LogP contribution in [-0.4, -0.2) is 66.4 Å². The number of morpholine rings is 1. The Labute approximate surface area is 149 Å². The van der Waals surface area contributed by atoms with Crippen molar-refractivity contribution in [2.24, 2.45) is 10.9 Å². The van der Waals surface area contributed by atoms with Crippen LogP contribution in [0.2, 0.25) is 0 Å². The molecule has 1 amide bonds.